The number of amides is 1. The van der Waals surface area contributed by atoms with Crippen LogP contribution in [0, 0.1) is 5.82 Å². The topological polar surface area (TPSA) is 41.6 Å². The first-order valence-electron chi connectivity index (χ1n) is 7.95. The van der Waals surface area contributed by atoms with Crippen molar-refractivity contribution in [1.29, 1.82) is 0 Å². The number of rotatable bonds is 5. The Labute approximate surface area is 131 Å². The Hall–Kier alpha value is -1.62. The van der Waals surface area contributed by atoms with Gasteiger partial charge in [0.1, 0.15) is 5.82 Å². The van der Waals surface area contributed by atoms with E-state index in [4.69, 9.17) is 4.74 Å². The minimum Gasteiger partial charge on any atom is -0.372 e. The molecular formula is C17H25FN2O2. The van der Waals surface area contributed by atoms with Gasteiger partial charge in [0.15, 0.2) is 0 Å². The third-order valence-electron chi connectivity index (χ3n) is 3.74. The molecule has 4 nitrogen and oxygen atoms in total. The molecule has 1 fully saturated rings. The number of hydrogen-bond donors (Lipinski definition) is 1. The first kappa shape index (κ1) is 16.7. The lowest BCUT2D eigenvalue weighted by Crippen LogP contribution is -2.45. The molecule has 2 atom stereocenters. The molecule has 122 valence electrons. The van der Waals surface area contributed by atoms with E-state index in [0.717, 1.165) is 12.0 Å². The molecule has 0 aliphatic carbocycles. The van der Waals surface area contributed by atoms with Gasteiger partial charge in [-0.05, 0) is 38.0 Å². The molecule has 1 aliphatic heterocycles. The van der Waals surface area contributed by atoms with Crippen LogP contribution in [0.1, 0.15) is 39.2 Å². The SMILES string of the molecule is CCCC(=O)NCc1ccc(N2C[C@H](C)O[C@@H](C)C2)c(F)c1. The normalized spacial score (nSPS) is 21.7. The van der Waals surface area contributed by atoms with E-state index >= 15 is 0 Å². The summed E-state index contributed by atoms with van der Waals surface area (Å²) < 4.78 is 20.0. The summed E-state index contributed by atoms with van der Waals surface area (Å²) in [5.41, 5.74) is 1.38. The van der Waals surface area contributed by atoms with Gasteiger partial charge in [-0.3, -0.25) is 4.79 Å². The average Bonchev–Trinajstić information content (AvgIpc) is 2.44. The molecule has 1 aromatic carbocycles. The van der Waals surface area contributed by atoms with E-state index in [1.54, 1.807) is 6.07 Å². The second-order valence-electron chi connectivity index (χ2n) is 5.97. The number of nitrogens with one attached hydrogen (secondary N) is 1. The van der Waals surface area contributed by atoms with Gasteiger partial charge >= 0.3 is 0 Å². The quantitative estimate of drug-likeness (QED) is 0.909. The average molecular weight is 308 g/mol. The molecule has 1 aromatic rings. The number of hydrogen-bond acceptors (Lipinski definition) is 3. The molecule has 0 unspecified atom stereocenters. The zero-order chi connectivity index (χ0) is 16.1. The number of ether oxygens (including phenoxy) is 1. The summed E-state index contributed by atoms with van der Waals surface area (Å²) in [6.45, 7) is 7.70. The summed E-state index contributed by atoms with van der Waals surface area (Å²) in [6, 6.07) is 5.17. The van der Waals surface area contributed by atoms with Gasteiger partial charge in [0.25, 0.3) is 0 Å². The molecule has 1 saturated heterocycles. The third-order valence-corrected chi connectivity index (χ3v) is 3.74. The van der Waals surface area contributed by atoms with Crippen molar-refractivity contribution in [2.24, 2.45) is 0 Å². The molecule has 1 heterocycles. The van der Waals surface area contributed by atoms with E-state index in [9.17, 15) is 9.18 Å². The zero-order valence-corrected chi connectivity index (χ0v) is 13.6. The number of carbonyl (C=O) groups excluding carboxylic acids is 1. The molecule has 0 saturated carbocycles. The summed E-state index contributed by atoms with van der Waals surface area (Å²) >= 11 is 0. The fourth-order valence-electron chi connectivity index (χ4n) is 2.81. The second kappa shape index (κ2) is 7.58. The molecule has 0 bridgehead atoms. The maximum absolute atomic E-state index is 14.4. The van der Waals surface area contributed by atoms with Gasteiger partial charge in [0.2, 0.25) is 5.91 Å². The van der Waals surface area contributed by atoms with Gasteiger partial charge in [-0.2, -0.15) is 0 Å². The van der Waals surface area contributed by atoms with Crippen molar-refractivity contribution in [1.82, 2.24) is 5.32 Å². The smallest absolute Gasteiger partial charge is 0.220 e. The van der Waals surface area contributed by atoms with Crippen LogP contribution in [-0.2, 0) is 16.1 Å². The fraction of sp³-hybridized carbons (Fsp3) is 0.588. The molecular weight excluding hydrogens is 283 g/mol. The van der Waals surface area contributed by atoms with Crippen LogP contribution >= 0.6 is 0 Å². The van der Waals surface area contributed by atoms with E-state index in [-0.39, 0.29) is 23.9 Å². The Morgan fingerprint density at radius 3 is 2.64 bits per heavy atom. The standard InChI is InChI=1S/C17H25FN2O2/c1-4-5-17(21)19-9-14-6-7-16(15(18)8-14)20-10-12(2)22-13(3)11-20/h6-8,12-13H,4-5,9-11H2,1-3H3,(H,19,21)/t12-,13-/m0/s1. The van der Waals surface area contributed by atoms with Crippen molar-refractivity contribution in [3.05, 3.63) is 29.6 Å². The maximum Gasteiger partial charge on any atom is 0.220 e. The summed E-state index contributed by atoms with van der Waals surface area (Å²) in [5.74, 6) is -0.244. The molecule has 1 N–H and O–H groups in total. The van der Waals surface area contributed by atoms with Crippen molar-refractivity contribution in [3.8, 4) is 0 Å². The van der Waals surface area contributed by atoms with E-state index in [0.29, 0.717) is 31.7 Å². The first-order valence-corrected chi connectivity index (χ1v) is 7.95. The Bertz CT molecular complexity index is 511. The van der Waals surface area contributed by atoms with Crippen molar-refractivity contribution in [2.75, 3.05) is 18.0 Å². The maximum atomic E-state index is 14.4. The van der Waals surface area contributed by atoms with Gasteiger partial charge in [0.05, 0.1) is 17.9 Å². The summed E-state index contributed by atoms with van der Waals surface area (Å²) in [4.78, 5) is 13.5. The second-order valence-corrected chi connectivity index (χ2v) is 5.97. The van der Waals surface area contributed by atoms with Crippen LogP contribution in [0.5, 0.6) is 0 Å². The first-order chi connectivity index (χ1) is 10.5. The van der Waals surface area contributed by atoms with Crippen LogP contribution < -0.4 is 10.2 Å². The highest BCUT2D eigenvalue weighted by Crippen LogP contribution is 2.24. The fourth-order valence-corrected chi connectivity index (χ4v) is 2.81. The van der Waals surface area contributed by atoms with Crippen molar-refractivity contribution in [2.45, 2.75) is 52.4 Å². The lowest BCUT2D eigenvalue weighted by atomic mass is 10.1. The number of nitrogens with zero attached hydrogens (tertiary/aromatic N) is 1. The van der Waals surface area contributed by atoms with Gasteiger partial charge < -0.3 is 15.0 Å². The van der Waals surface area contributed by atoms with Gasteiger partial charge in [-0.1, -0.05) is 13.0 Å². The summed E-state index contributed by atoms with van der Waals surface area (Å²) in [6.07, 6.45) is 1.50. The summed E-state index contributed by atoms with van der Waals surface area (Å²) in [7, 11) is 0. The molecule has 2 rings (SSSR count). The number of morpholine rings is 1. The van der Waals surface area contributed by atoms with E-state index in [1.807, 2.05) is 31.7 Å². The van der Waals surface area contributed by atoms with Crippen LogP contribution in [-0.4, -0.2) is 31.2 Å². The zero-order valence-electron chi connectivity index (χ0n) is 13.6. The summed E-state index contributed by atoms with van der Waals surface area (Å²) in [5, 5.41) is 2.80. The van der Waals surface area contributed by atoms with Crippen LogP contribution in [0.3, 0.4) is 0 Å². The van der Waals surface area contributed by atoms with Crippen LogP contribution in [0.25, 0.3) is 0 Å². The van der Waals surface area contributed by atoms with Gasteiger partial charge in [-0.25, -0.2) is 4.39 Å². The van der Waals surface area contributed by atoms with Crippen LogP contribution in [0.4, 0.5) is 10.1 Å². The van der Waals surface area contributed by atoms with Gasteiger partial charge in [-0.15, -0.1) is 0 Å². The lowest BCUT2D eigenvalue weighted by Gasteiger charge is -2.37. The van der Waals surface area contributed by atoms with Crippen molar-refractivity contribution in [3.63, 3.8) is 0 Å². The van der Waals surface area contributed by atoms with E-state index in [2.05, 4.69) is 5.32 Å². The van der Waals surface area contributed by atoms with Crippen molar-refractivity contribution >= 4 is 11.6 Å². The molecule has 0 aromatic heterocycles. The number of halogens is 1. The predicted molar refractivity (Wildman–Crippen MR) is 85.4 cm³/mol. The minimum atomic E-state index is -0.247. The Morgan fingerprint density at radius 2 is 2.05 bits per heavy atom. The molecule has 1 aliphatic rings. The molecule has 5 heteroatoms. The Balaban J connectivity index is 2.01. The molecule has 22 heavy (non-hydrogen) atoms. The number of anilines is 1. The predicted octanol–water partition coefficient (Wildman–Crippen LogP) is 2.86. The largest absolute Gasteiger partial charge is 0.372 e. The van der Waals surface area contributed by atoms with Gasteiger partial charge in [0, 0.05) is 26.1 Å². The van der Waals surface area contributed by atoms with E-state index < -0.39 is 0 Å². The monoisotopic (exact) mass is 308 g/mol. The molecule has 0 radical (unpaired) electrons. The number of carbonyl (C=O) groups is 1. The van der Waals surface area contributed by atoms with Crippen molar-refractivity contribution < 1.29 is 13.9 Å². The highest BCUT2D eigenvalue weighted by atomic mass is 19.1. The molecule has 0 spiro atoms. The minimum absolute atomic E-state index is 0.00261. The van der Waals surface area contributed by atoms with Crippen LogP contribution in [0.15, 0.2) is 18.2 Å². The number of benzene rings is 1. The highest BCUT2D eigenvalue weighted by Gasteiger charge is 2.24. The Kier molecular flexibility index (Phi) is 5.77. The third kappa shape index (κ3) is 4.44. The lowest BCUT2D eigenvalue weighted by molar-refractivity contribution is -0.121. The Morgan fingerprint density at radius 1 is 1.36 bits per heavy atom. The highest BCUT2D eigenvalue weighted by molar-refractivity contribution is 5.75. The van der Waals surface area contributed by atoms with Crippen LogP contribution in [0.2, 0.25) is 0 Å². The molecule has 1 amide bonds. The van der Waals surface area contributed by atoms with E-state index in [1.165, 1.54) is 6.07 Å².